The largest absolute Gasteiger partial charge is 0.325 e. The Labute approximate surface area is 181 Å². The van der Waals surface area contributed by atoms with Gasteiger partial charge in [-0.25, -0.2) is 9.69 Å². The van der Waals surface area contributed by atoms with E-state index in [1.54, 1.807) is 34.9 Å². The molecule has 0 aromatic heterocycles. The number of hydrogen-bond donors (Lipinski definition) is 0. The molecule has 0 radical (unpaired) electrons. The van der Waals surface area contributed by atoms with Crippen LogP contribution >= 0.6 is 0 Å². The summed E-state index contributed by atoms with van der Waals surface area (Å²) in [4.78, 5) is 43.0. The first-order valence-electron chi connectivity index (χ1n) is 11.0. The summed E-state index contributed by atoms with van der Waals surface area (Å²) in [5.41, 5.74) is 1.70. The van der Waals surface area contributed by atoms with Gasteiger partial charge in [0, 0.05) is 37.8 Å². The summed E-state index contributed by atoms with van der Waals surface area (Å²) in [6.45, 7) is 12.9. The fourth-order valence-electron chi connectivity index (χ4n) is 3.25. The first-order chi connectivity index (χ1) is 14.3. The maximum Gasteiger partial charge on any atom is 0.324 e. The molecule has 1 rings (SSSR count). The SMILES string of the molecule is CCCCC=C(C)C(=O)N(C(C)=O)c1cccc(N(CCC)C(=O)N(CC)CC)c1. The van der Waals surface area contributed by atoms with Crippen LogP contribution in [0.1, 0.15) is 67.2 Å². The number of carbonyl (C=O) groups is 3. The quantitative estimate of drug-likeness (QED) is 0.381. The third-order valence-electron chi connectivity index (χ3n) is 4.98. The predicted octanol–water partition coefficient (Wildman–Crippen LogP) is 5.38. The number of urea groups is 1. The molecule has 166 valence electrons. The molecule has 0 saturated heterocycles. The number of unbranched alkanes of at least 4 members (excludes halogenated alkanes) is 2. The lowest BCUT2D eigenvalue weighted by Gasteiger charge is -2.30. The molecular weight excluding hydrogens is 378 g/mol. The molecule has 0 bridgehead atoms. The molecular formula is C24H37N3O3. The van der Waals surface area contributed by atoms with Gasteiger partial charge in [-0.05, 0) is 51.8 Å². The Morgan fingerprint density at radius 2 is 1.57 bits per heavy atom. The number of anilines is 2. The Kier molecular flexibility index (Phi) is 10.9. The molecule has 0 saturated carbocycles. The van der Waals surface area contributed by atoms with Crippen molar-refractivity contribution >= 4 is 29.2 Å². The van der Waals surface area contributed by atoms with E-state index in [2.05, 4.69) is 6.92 Å². The van der Waals surface area contributed by atoms with E-state index in [0.29, 0.717) is 36.6 Å². The molecule has 0 atom stereocenters. The van der Waals surface area contributed by atoms with Gasteiger partial charge in [-0.2, -0.15) is 0 Å². The van der Waals surface area contributed by atoms with Gasteiger partial charge in [0.25, 0.3) is 5.91 Å². The second-order valence-electron chi connectivity index (χ2n) is 7.32. The summed E-state index contributed by atoms with van der Waals surface area (Å²) in [6.07, 6.45) is 5.54. The molecule has 6 heteroatoms. The van der Waals surface area contributed by atoms with Crippen molar-refractivity contribution in [3.63, 3.8) is 0 Å². The zero-order valence-electron chi connectivity index (χ0n) is 19.4. The molecule has 1 aromatic carbocycles. The van der Waals surface area contributed by atoms with Crippen molar-refractivity contribution in [1.82, 2.24) is 4.90 Å². The molecule has 0 spiro atoms. The van der Waals surface area contributed by atoms with Gasteiger partial charge < -0.3 is 4.90 Å². The highest BCUT2D eigenvalue weighted by atomic mass is 16.2. The summed E-state index contributed by atoms with van der Waals surface area (Å²) < 4.78 is 0. The fourth-order valence-corrected chi connectivity index (χ4v) is 3.25. The van der Waals surface area contributed by atoms with Gasteiger partial charge in [0.1, 0.15) is 0 Å². The van der Waals surface area contributed by atoms with Crippen LogP contribution in [0.3, 0.4) is 0 Å². The minimum Gasteiger partial charge on any atom is -0.325 e. The van der Waals surface area contributed by atoms with E-state index in [1.807, 2.05) is 32.9 Å². The van der Waals surface area contributed by atoms with Gasteiger partial charge in [0.2, 0.25) is 5.91 Å². The molecule has 0 aliphatic rings. The van der Waals surface area contributed by atoms with E-state index in [0.717, 1.165) is 25.7 Å². The van der Waals surface area contributed by atoms with Crippen LogP contribution in [-0.2, 0) is 9.59 Å². The Morgan fingerprint density at radius 3 is 2.10 bits per heavy atom. The smallest absolute Gasteiger partial charge is 0.324 e. The normalized spacial score (nSPS) is 11.2. The minimum atomic E-state index is -0.350. The van der Waals surface area contributed by atoms with Crippen molar-refractivity contribution in [3.8, 4) is 0 Å². The van der Waals surface area contributed by atoms with Crippen molar-refractivity contribution in [3.05, 3.63) is 35.9 Å². The number of allylic oxidation sites excluding steroid dienone is 1. The second kappa shape index (κ2) is 12.8. The summed E-state index contributed by atoms with van der Waals surface area (Å²) in [5.74, 6) is -0.676. The maximum absolute atomic E-state index is 13.0. The number of hydrogen-bond acceptors (Lipinski definition) is 3. The Bertz CT molecular complexity index is 754. The van der Waals surface area contributed by atoms with E-state index in [4.69, 9.17) is 0 Å². The summed E-state index contributed by atoms with van der Waals surface area (Å²) in [5, 5.41) is 0. The number of rotatable bonds is 10. The third-order valence-corrected chi connectivity index (χ3v) is 4.98. The zero-order valence-corrected chi connectivity index (χ0v) is 19.4. The fraction of sp³-hybridized carbons (Fsp3) is 0.542. The van der Waals surface area contributed by atoms with E-state index in [9.17, 15) is 14.4 Å². The molecule has 4 amide bonds. The molecule has 0 aliphatic heterocycles. The Balaban J connectivity index is 3.29. The molecule has 0 aliphatic carbocycles. The van der Waals surface area contributed by atoms with Crippen LogP contribution in [0.4, 0.5) is 16.2 Å². The topological polar surface area (TPSA) is 60.9 Å². The van der Waals surface area contributed by atoms with Gasteiger partial charge in [-0.1, -0.05) is 38.8 Å². The van der Waals surface area contributed by atoms with Crippen molar-refractivity contribution in [1.29, 1.82) is 0 Å². The van der Waals surface area contributed by atoms with Gasteiger partial charge in [0.05, 0.1) is 5.69 Å². The lowest BCUT2D eigenvalue weighted by Crippen LogP contribution is -2.43. The van der Waals surface area contributed by atoms with Crippen LogP contribution in [0.2, 0.25) is 0 Å². The van der Waals surface area contributed by atoms with Crippen LogP contribution in [0.25, 0.3) is 0 Å². The number of nitrogens with zero attached hydrogens (tertiary/aromatic N) is 3. The van der Waals surface area contributed by atoms with Crippen LogP contribution < -0.4 is 9.80 Å². The highest BCUT2D eigenvalue weighted by molar-refractivity contribution is 6.20. The first kappa shape index (κ1) is 25.4. The third kappa shape index (κ3) is 6.71. The average molecular weight is 416 g/mol. The monoisotopic (exact) mass is 415 g/mol. The standard InChI is InChI=1S/C24H37N3O3/c1-7-11-12-14-19(5)23(29)27(20(6)28)22-16-13-15-21(18-22)26(17-8-2)24(30)25(9-3)10-4/h13-16,18H,7-12,17H2,1-6H3. The van der Waals surface area contributed by atoms with Gasteiger partial charge in [0.15, 0.2) is 0 Å². The van der Waals surface area contributed by atoms with E-state index in [-0.39, 0.29) is 17.8 Å². The van der Waals surface area contributed by atoms with E-state index < -0.39 is 0 Å². The minimum absolute atomic E-state index is 0.0738. The van der Waals surface area contributed by atoms with Gasteiger partial charge in [-0.15, -0.1) is 0 Å². The van der Waals surface area contributed by atoms with Crippen molar-refractivity contribution in [2.45, 2.75) is 67.2 Å². The molecule has 0 N–H and O–H groups in total. The summed E-state index contributed by atoms with van der Waals surface area (Å²) in [7, 11) is 0. The number of carbonyl (C=O) groups excluding carboxylic acids is 3. The van der Waals surface area contributed by atoms with Crippen molar-refractivity contribution in [2.24, 2.45) is 0 Å². The number of imide groups is 1. The first-order valence-corrected chi connectivity index (χ1v) is 11.0. The van der Waals surface area contributed by atoms with Gasteiger partial charge in [-0.3, -0.25) is 14.5 Å². The zero-order chi connectivity index (χ0) is 22.7. The highest BCUT2D eigenvalue weighted by Gasteiger charge is 2.24. The predicted molar refractivity (Wildman–Crippen MR) is 124 cm³/mol. The number of amides is 4. The molecule has 0 unspecified atom stereocenters. The van der Waals surface area contributed by atoms with Crippen molar-refractivity contribution < 1.29 is 14.4 Å². The van der Waals surface area contributed by atoms with E-state index in [1.165, 1.54) is 11.8 Å². The Morgan fingerprint density at radius 1 is 0.933 bits per heavy atom. The Hall–Kier alpha value is -2.63. The van der Waals surface area contributed by atoms with Gasteiger partial charge >= 0.3 is 6.03 Å². The van der Waals surface area contributed by atoms with Crippen LogP contribution in [0, 0.1) is 0 Å². The second-order valence-corrected chi connectivity index (χ2v) is 7.32. The number of benzene rings is 1. The lowest BCUT2D eigenvalue weighted by atomic mass is 10.1. The summed E-state index contributed by atoms with van der Waals surface area (Å²) >= 11 is 0. The summed E-state index contributed by atoms with van der Waals surface area (Å²) in [6, 6.07) is 7.02. The molecule has 1 aromatic rings. The molecule has 0 heterocycles. The highest BCUT2D eigenvalue weighted by Crippen LogP contribution is 2.25. The van der Waals surface area contributed by atoms with Crippen molar-refractivity contribution in [2.75, 3.05) is 29.4 Å². The van der Waals surface area contributed by atoms with Crippen LogP contribution in [0.15, 0.2) is 35.9 Å². The average Bonchev–Trinajstić information content (AvgIpc) is 2.72. The molecule has 30 heavy (non-hydrogen) atoms. The maximum atomic E-state index is 13.0. The molecule has 0 fully saturated rings. The van der Waals surface area contributed by atoms with Crippen LogP contribution in [0.5, 0.6) is 0 Å². The lowest BCUT2D eigenvalue weighted by molar-refractivity contribution is -0.123. The van der Waals surface area contributed by atoms with E-state index >= 15 is 0 Å². The van der Waals surface area contributed by atoms with Crippen LogP contribution in [-0.4, -0.2) is 42.4 Å². The molecule has 6 nitrogen and oxygen atoms in total.